The van der Waals surface area contributed by atoms with Crippen molar-refractivity contribution in [2.45, 2.75) is 6.54 Å². The van der Waals surface area contributed by atoms with Crippen molar-refractivity contribution < 1.29 is 14.1 Å². The maximum absolute atomic E-state index is 13.7. The van der Waals surface area contributed by atoms with Crippen LogP contribution in [0.15, 0.2) is 48.5 Å². The van der Waals surface area contributed by atoms with E-state index in [1.54, 1.807) is 4.90 Å². The van der Waals surface area contributed by atoms with Crippen molar-refractivity contribution >= 4 is 11.6 Å². The molecule has 0 saturated carbocycles. The van der Waals surface area contributed by atoms with Crippen molar-refractivity contribution in [3.05, 3.63) is 75.6 Å². The third-order valence-electron chi connectivity index (χ3n) is 4.30. The number of hydrogen-bond donors (Lipinski definition) is 0. The van der Waals surface area contributed by atoms with Crippen LogP contribution in [0.2, 0.25) is 0 Å². The van der Waals surface area contributed by atoms with Crippen LogP contribution in [0.25, 0.3) is 0 Å². The van der Waals surface area contributed by atoms with E-state index in [0.717, 1.165) is 31.8 Å². The van der Waals surface area contributed by atoms with Crippen molar-refractivity contribution in [2.24, 2.45) is 0 Å². The topological polar surface area (TPSA) is 66.7 Å². The van der Waals surface area contributed by atoms with Gasteiger partial charge in [-0.1, -0.05) is 30.3 Å². The van der Waals surface area contributed by atoms with E-state index in [2.05, 4.69) is 17.0 Å². The van der Waals surface area contributed by atoms with E-state index in [1.165, 1.54) is 11.6 Å². The van der Waals surface area contributed by atoms with Crippen molar-refractivity contribution in [1.82, 2.24) is 9.80 Å². The number of nitrogens with zero attached hydrogens (tertiary/aromatic N) is 3. The van der Waals surface area contributed by atoms with Gasteiger partial charge in [-0.25, -0.2) is 0 Å². The Morgan fingerprint density at radius 3 is 2.36 bits per heavy atom. The standard InChI is InChI=1S/C18H18FN3O3/c19-16-12-15(6-7-17(16)22(24)25)18(23)21-10-8-20(9-11-21)13-14-4-2-1-3-5-14/h1-7,12H,8-11,13H2. The molecule has 3 rings (SSSR count). The van der Waals surface area contributed by atoms with E-state index in [4.69, 9.17) is 0 Å². The zero-order valence-corrected chi connectivity index (χ0v) is 13.6. The molecule has 6 nitrogen and oxygen atoms in total. The Hall–Kier alpha value is -2.80. The largest absolute Gasteiger partial charge is 0.336 e. The van der Waals surface area contributed by atoms with Crippen LogP contribution in [0.3, 0.4) is 0 Å². The van der Waals surface area contributed by atoms with Crippen LogP contribution in [-0.4, -0.2) is 46.8 Å². The zero-order chi connectivity index (χ0) is 17.8. The summed E-state index contributed by atoms with van der Waals surface area (Å²) in [6.45, 7) is 3.38. The summed E-state index contributed by atoms with van der Waals surface area (Å²) in [6, 6.07) is 13.4. The molecule has 0 radical (unpaired) electrons. The number of amides is 1. The van der Waals surface area contributed by atoms with E-state index in [9.17, 15) is 19.3 Å². The van der Waals surface area contributed by atoms with E-state index in [-0.39, 0.29) is 11.5 Å². The summed E-state index contributed by atoms with van der Waals surface area (Å²) in [5, 5.41) is 10.7. The molecule has 0 atom stereocenters. The molecule has 0 aromatic heterocycles. The minimum Gasteiger partial charge on any atom is -0.336 e. The summed E-state index contributed by atoms with van der Waals surface area (Å²) < 4.78 is 13.7. The minimum atomic E-state index is -0.987. The molecule has 1 aliphatic rings. The predicted molar refractivity (Wildman–Crippen MR) is 90.7 cm³/mol. The lowest BCUT2D eigenvalue weighted by Crippen LogP contribution is -2.48. The molecule has 0 spiro atoms. The van der Waals surface area contributed by atoms with Crippen LogP contribution >= 0.6 is 0 Å². The van der Waals surface area contributed by atoms with Crippen molar-refractivity contribution in [2.75, 3.05) is 26.2 Å². The zero-order valence-electron chi connectivity index (χ0n) is 13.6. The third kappa shape index (κ3) is 4.00. The van der Waals surface area contributed by atoms with Crippen LogP contribution in [0.4, 0.5) is 10.1 Å². The van der Waals surface area contributed by atoms with Crippen LogP contribution in [0.5, 0.6) is 0 Å². The molecule has 2 aromatic carbocycles. The maximum atomic E-state index is 13.7. The van der Waals surface area contributed by atoms with Gasteiger partial charge >= 0.3 is 5.69 Å². The Balaban J connectivity index is 1.60. The molecule has 0 bridgehead atoms. The first-order valence-electron chi connectivity index (χ1n) is 8.04. The lowest BCUT2D eigenvalue weighted by molar-refractivity contribution is -0.387. The van der Waals surface area contributed by atoms with Gasteiger partial charge in [0.1, 0.15) is 0 Å². The first kappa shape index (κ1) is 17.0. The molecule has 0 unspecified atom stereocenters. The van der Waals surface area contributed by atoms with Gasteiger partial charge in [-0.2, -0.15) is 4.39 Å². The summed E-state index contributed by atoms with van der Waals surface area (Å²) in [5.41, 5.74) is 0.739. The minimum absolute atomic E-state index is 0.139. The monoisotopic (exact) mass is 343 g/mol. The number of piperazine rings is 1. The number of nitro groups is 1. The number of carbonyl (C=O) groups excluding carboxylic acids is 1. The fourth-order valence-electron chi connectivity index (χ4n) is 2.92. The molecule has 1 aliphatic heterocycles. The van der Waals surface area contributed by atoms with Crippen LogP contribution in [-0.2, 0) is 6.54 Å². The van der Waals surface area contributed by atoms with Gasteiger partial charge < -0.3 is 4.90 Å². The molecule has 130 valence electrons. The van der Waals surface area contributed by atoms with Gasteiger partial charge in [0, 0.05) is 44.4 Å². The number of hydrogen-bond acceptors (Lipinski definition) is 4. The smallest absolute Gasteiger partial charge is 0.304 e. The van der Waals surface area contributed by atoms with Crippen LogP contribution in [0, 0.1) is 15.9 Å². The molecule has 1 fully saturated rings. The second-order valence-electron chi connectivity index (χ2n) is 5.98. The Morgan fingerprint density at radius 2 is 1.76 bits per heavy atom. The molecule has 7 heteroatoms. The third-order valence-corrected chi connectivity index (χ3v) is 4.30. The van der Waals surface area contributed by atoms with Crippen LogP contribution < -0.4 is 0 Å². The average molecular weight is 343 g/mol. The number of benzene rings is 2. The first-order chi connectivity index (χ1) is 12.0. The number of nitro benzene ring substituents is 1. The second-order valence-corrected chi connectivity index (χ2v) is 5.98. The van der Waals surface area contributed by atoms with E-state index in [0.29, 0.717) is 13.1 Å². The number of rotatable bonds is 4. The fourth-order valence-corrected chi connectivity index (χ4v) is 2.92. The second kappa shape index (κ2) is 7.40. The molecular formula is C18H18FN3O3. The van der Waals surface area contributed by atoms with Gasteiger partial charge in [0.25, 0.3) is 5.91 Å². The summed E-state index contributed by atoms with van der Waals surface area (Å²) in [6.07, 6.45) is 0. The van der Waals surface area contributed by atoms with E-state index < -0.39 is 16.4 Å². The van der Waals surface area contributed by atoms with Gasteiger partial charge in [-0.05, 0) is 17.7 Å². The summed E-state index contributed by atoms with van der Waals surface area (Å²) in [5.74, 6) is -1.29. The number of halogens is 1. The van der Waals surface area contributed by atoms with E-state index in [1.807, 2.05) is 18.2 Å². The Labute approximate surface area is 144 Å². The van der Waals surface area contributed by atoms with Gasteiger partial charge in [-0.15, -0.1) is 0 Å². The van der Waals surface area contributed by atoms with Gasteiger partial charge in [0.2, 0.25) is 5.82 Å². The lowest BCUT2D eigenvalue weighted by atomic mass is 10.1. The summed E-state index contributed by atoms with van der Waals surface area (Å²) in [7, 11) is 0. The summed E-state index contributed by atoms with van der Waals surface area (Å²) in [4.78, 5) is 26.2. The fraction of sp³-hybridized carbons (Fsp3) is 0.278. The molecule has 25 heavy (non-hydrogen) atoms. The SMILES string of the molecule is O=C(c1ccc([N+](=O)[O-])c(F)c1)N1CCN(Cc2ccccc2)CC1. The van der Waals surface area contributed by atoms with Crippen molar-refractivity contribution in [1.29, 1.82) is 0 Å². The highest BCUT2D eigenvalue weighted by molar-refractivity contribution is 5.94. The molecule has 1 saturated heterocycles. The quantitative estimate of drug-likeness (QED) is 0.632. The highest BCUT2D eigenvalue weighted by atomic mass is 19.1. The molecular weight excluding hydrogens is 325 g/mol. The first-order valence-corrected chi connectivity index (χ1v) is 8.04. The van der Waals surface area contributed by atoms with Crippen LogP contribution in [0.1, 0.15) is 15.9 Å². The van der Waals surface area contributed by atoms with E-state index >= 15 is 0 Å². The maximum Gasteiger partial charge on any atom is 0.304 e. The Kier molecular flexibility index (Phi) is 5.04. The highest BCUT2D eigenvalue weighted by Gasteiger charge is 2.24. The molecule has 0 aliphatic carbocycles. The Bertz CT molecular complexity index is 774. The van der Waals surface area contributed by atoms with Gasteiger partial charge in [0.15, 0.2) is 0 Å². The summed E-state index contributed by atoms with van der Waals surface area (Å²) >= 11 is 0. The van der Waals surface area contributed by atoms with Crippen molar-refractivity contribution in [3.8, 4) is 0 Å². The molecule has 1 amide bonds. The molecule has 0 N–H and O–H groups in total. The average Bonchev–Trinajstić information content (AvgIpc) is 2.62. The lowest BCUT2D eigenvalue weighted by Gasteiger charge is -2.34. The van der Waals surface area contributed by atoms with Gasteiger partial charge in [0.05, 0.1) is 4.92 Å². The Morgan fingerprint density at radius 1 is 1.08 bits per heavy atom. The van der Waals surface area contributed by atoms with Crippen molar-refractivity contribution in [3.63, 3.8) is 0 Å². The highest BCUT2D eigenvalue weighted by Crippen LogP contribution is 2.19. The molecule has 1 heterocycles. The normalized spacial score (nSPS) is 15.2. The number of carbonyl (C=O) groups is 1. The van der Waals surface area contributed by atoms with Gasteiger partial charge in [-0.3, -0.25) is 19.8 Å². The predicted octanol–water partition coefficient (Wildman–Crippen LogP) is 2.69. The molecule has 2 aromatic rings.